The lowest BCUT2D eigenvalue weighted by Crippen LogP contribution is -2.26. The lowest BCUT2D eigenvalue weighted by molar-refractivity contribution is 0.155. The second-order valence-electron chi connectivity index (χ2n) is 5.29. The number of nitrogens with zero attached hydrogens (tertiary/aromatic N) is 1. The molecule has 1 fully saturated rings. The predicted octanol–water partition coefficient (Wildman–Crippen LogP) is 3.36. The van der Waals surface area contributed by atoms with Gasteiger partial charge in [0.05, 0.1) is 5.69 Å². The Morgan fingerprint density at radius 2 is 2.09 bits per heavy atom. The summed E-state index contributed by atoms with van der Waals surface area (Å²) in [4.78, 5) is 16.3. The Hall–Kier alpha value is -1.92. The molecular formula is C16H19N3O2S. The standard InChI is InChI=1S/C16H19N3O2S/c20-16(21-10-12-4-2-1-3-5-12)19-15-18-14(11-22-15)13-6-8-17-9-7-13/h1-5,11,13,17H,6-10H2,(H,18,19,20). The molecule has 1 aliphatic heterocycles. The molecule has 1 amide bonds. The number of aromatic nitrogens is 1. The zero-order valence-corrected chi connectivity index (χ0v) is 13.1. The molecule has 0 radical (unpaired) electrons. The third-order valence-electron chi connectivity index (χ3n) is 3.70. The van der Waals surface area contributed by atoms with Gasteiger partial charge in [-0.15, -0.1) is 11.3 Å². The average molecular weight is 317 g/mol. The Morgan fingerprint density at radius 3 is 2.86 bits per heavy atom. The minimum Gasteiger partial charge on any atom is -0.444 e. The number of amides is 1. The van der Waals surface area contributed by atoms with Crippen molar-refractivity contribution in [3.8, 4) is 0 Å². The van der Waals surface area contributed by atoms with Crippen LogP contribution in [0.3, 0.4) is 0 Å². The summed E-state index contributed by atoms with van der Waals surface area (Å²) in [6.45, 7) is 2.33. The first-order valence-electron chi connectivity index (χ1n) is 7.45. The quantitative estimate of drug-likeness (QED) is 0.907. The van der Waals surface area contributed by atoms with Crippen LogP contribution in [0.2, 0.25) is 0 Å². The summed E-state index contributed by atoms with van der Waals surface area (Å²) < 4.78 is 5.19. The molecule has 6 heteroatoms. The molecule has 1 aliphatic rings. The van der Waals surface area contributed by atoms with Gasteiger partial charge in [-0.25, -0.2) is 9.78 Å². The van der Waals surface area contributed by atoms with Crippen molar-refractivity contribution in [3.63, 3.8) is 0 Å². The molecule has 1 aromatic heterocycles. The van der Waals surface area contributed by atoms with E-state index in [1.54, 1.807) is 0 Å². The highest BCUT2D eigenvalue weighted by Crippen LogP contribution is 2.28. The van der Waals surface area contributed by atoms with E-state index in [4.69, 9.17) is 4.74 Å². The molecule has 0 unspecified atom stereocenters. The average Bonchev–Trinajstić information content (AvgIpc) is 3.03. The van der Waals surface area contributed by atoms with Crippen LogP contribution in [0.4, 0.5) is 9.93 Å². The van der Waals surface area contributed by atoms with E-state index >= 15 is 0 Å². The van der Waals surface area contributed by atoms with Gasteiger partial charge < -0.3 is 10.1 Å². The third kappa shape index (κ3) is 4.05. The first-order chi connectivity index (χ1) is 10.8. The van der Waals surface area contributed by atoms with Crippen molar-refractivity contribution < 1.29 is 9.53 Å². The number of benzene rings is 1. The fraction of sp³-hybridized carbons (Fsp3) is 0.375. The Labute approximate surface area is 133 Å². The number of rotatable bonds is 4. The van der Waals surface area contributed by atoms with Crippen LogP contribution in [-0.4, -0.2) is 24.2 Å². The number of hydrogen-bond donors (Lipinski definition) is 2. The van der Waals surface area contributed by atoms with E-state index < -0.39 is 6.09 Å². The largest absolute Gasteiger partial charge is 0.444 e. The molecule has 0 atom stereocenters. The summed E-state index contributed by atoms with van der Waals surface area (Å²) in [5.41, 5.74) is 2.04. The molecule has 22 heavy (non-hydrogen) atoms. The van der Waals surface area contributed by atoms with E-state index in [2.05, 4.69) is 15.6 Å². The first-order valence-corrected chi connectivity index (χ1v) is 8.33. The van der Waals surface area contributed by atoms with Crippen LogP contribution in [-0.2, 0) is 11.3 Å². The van der Waals surface area contributed by atoms with Gasteiger partial charge in [-0.3, -0.25) is 5.32 Å². The molecule has 0 bridgehead atoms. The van der Waals surface area contributed by atoms with Gasteiger partial charge in [0.1, 0.15) is 6.61 Å². The number of nitrogens with one attached hydrogen (secondary N) is 2. The van der Waals surface area contributed by atoms with Crippen LogP contribution < -0.4 is 10.6 Å². The van der Waals surface area contributed by atoms with Crippen LogP contribution in [0.1, 0.15) is 30.0 Å². The number of thiazole rings is 1. The highest BCUT2D eigenvalue weighted by Gasteiger charge is 2.18. The first kappa shape index (κ1) is 15.0. The van der Waals surface area contributed by atoms with Crippen LogP contribution in [0.15, 0.2) is 35.7 Å². The van der Waals surface area contributed by atoms with E-state index in [0.29, 0.717) is 11.0 Å². The molecule has 3 rings (SSSR count). The normalized spacial score (nSPS) is 15.5. The summed E-state index contributed by atoms with van der Waals surface area (Å²) in [6.07, 6.45) is 1.73. The number of anilines is 1. The van der Waals surface area contributed by atoms with Crippen molar-refractivity contribution in [1.82, 2.24) is 10.3 Å². The van der Waals surface area contributed by atoms with E-state index in [1.807, 2.05) is 35.7 Å². The third-order valence-corrected chi connectivity index (χ3v) is 4.48. The Balaban J connectivity index is 1.50. The van der Waals surface area contributed by atoms with Crippen LogP contribution in [0.5, 0.6) is 0 Å². The molecule has 2 aromatic rings. The number of carbonyl (C=O) groups excluding carboxylic acids is 1. The van der Waals surface area contributed by atoms with Gasteiger partial charge in [0.15, 0.2) is 5.13 Å². The molecule has 0 saturated carbocycles. The maximum absolute atomic E-state index is 11.8. The number of ether oxygens (including phenoxy) is 1. The fourth-order valence-corrected chi connectivity index (χ4v) is 3.27. The molecular weight excluding hydrogens is 298 g/mol. The summed E-state index contributed by atoms with van der Waals surface area (Å²) in [6, 6.07) is 9.62. The number of hydrogen-bond acceptors (Lipinski definition) is 5. The van der Waals surface area contributed by atoms with Gasteiger partial charge >= 0.3 is 6.09 Å². The molecule has 2 heterocycles. The Morgan fingerprint density at radius 1 is 1.32 bits per heavy atom. The van der Waals surface area contributed by atoms with Crippen LogP contribution in [0.25, 0.3) is 0 Å². The van der Waals surface area contributed by atoms with Crippen LogP contribution in [0, 0.1) is 0 Å². The zero-order valence-electron chi connectivity index (χ0n) is 12.2. The maximum atomic E-state index is 11.8. The van der Waals surface area contributed by atoms with Gasteiger partial charge in [0, 0.05) is 11.3 Å². The smallest absolute Gasteiger partial charge is 0.413 e. The predicted molar refractivity (Wildman–Crippen MR) is 87.2 cm³/mol. The minimum atomic E-state index is -0.463. The van der Waals surface area contributed by atoms with Crippen molar-refractivity contribution in [1.29, 1.82) is 0 Å². The molecule has 5 nitrogen and oxygen atoms in total. The fourth-order valence-electron chi connectivity index (χ4n) is 2.50. The van der Waals surface area contributed by atoms with E-state index in [9.17, 15) is 4.79 Å². The lowest BCUT2D eigenvalue weighted by atomic mass is 9.96. The van der Waals surface area contributed by atoms with Gasteiger partial charge in [-0.2, -0.15) is 0 Å². The number of carbonyl (C=O) groups is 1. The van der Waals surface area contributed by atoms with Gasteiger partial charge in [-0.05, 0) is 31.5 Å². The zero-order chi connectivity index (χ0) is 15.2. The molecule has 116 valence electrons. The number of piperidine rings is 1. The summed E-state index contributed by atoms with van der Waals surface area (Å²) >= 11 is 1.45. The molecule has 0 aliphatic carbocycles. The molecule has 1 aromatic carbocycles. The summed E-state index contributed by atoms with van der Waals surface area (Å²) in [5, 5.41) is 8.68. The van der Waals surface area contributed by atoms with Crippen molar-refractivity contribution in [2.45, 2.75) is 25.4 Å². The Kier molecular flexibility index (Phi) is 5.03. The van der Waals surface area contributed by atoms with Gasteiger partial charge in [-0.1, -0.05) is 30.3 Å². The van der Waals surface area contributed by atoms with Crippen LogP contribution >= 0.6 is 11.3 Å². The van der Waals surface area contributed by atoms with E-state index in [1.165, 1.54) is 11.3 Å². The molecule has 2 N–H and O–H groups in total. The molecule has 1 saturated heterocycles. The van der Waals surface area contributed by atoms with Crippen molar-refractivity contribution >= 4 is 22.6 Å². The monoisotopic (exact) mass is 317 g/mol. The molecule has 0 spiro atoms. The lowest BCUT2D eigenvalue weighted by Gasteiger charge is -2.20. The summed E-state index contributed by atoms with van der Waals surface area (Å²) in [7, 11) is 0. The highest BCUT2D eigenvalue weighted by molar-refractivity contribution is 7.13. The van der Waals surface area contributed by atoms with Crippen molar-refractivity contribution in [2.24, 2.45) is 0 Å². The van der Waals surface area contributed by atoms with Gasteiger partial charge in [0.25, 0.3) is 0 Å². The Bertz CT molecular complexity index is 609. The van der Waals surface area contributed by atoms with E-state index in [-0.39, 0.29) is 6.61 Å². The highest BCUT2D eigenvalue weighted by atomic mass is 32.1. The SMILES string of the molecule is O=C(Nc1nc(C2CCNCC2)cs1)OCc1ccccc1. The van der Waals surface area contributed by atoms with E-state index in [0.717, 1.165) is 37.2 Å². The van der Waals surface area contributed by atoms with Crippen molar-refractivity contribution in [2.75, 3.05) is 18.4 Å². The second kappa shape index (κ2) is 7.38. The van der Waals surface area contributed by atoms with Crippen molar-refractivity contribution in [3.05, 3.63) is 47.0 Å². The topological polar surface area (TPSA) is 63.2 Å². The van der Waals surface area contributed by atoms with Gasteiger partial charge in [0.2, 0.25) is 0 Å². The summed E-state index contributed by atoms with van der Waals surface area (Å²) in [5.74, 6) is 0.494. The minimum absolute atomic E-state index is 0.263. The second-order valence-corrected chi connectivity index (χ2v) is 6.15. The maximum Gasteiger partial charge on any atom is 0.413 e.